The van der Waals surface area contributed by atoms with Crippen LogP contribution in [0.1, 0.15) is 23.7 Å². The molecule has 2 heterocycles. The number of amides is 1. The molecule has 11 nitrogen and oxygen atoms in total. The van der Waals surface area contributed by atoms with Crippen molar-refractivity contribution in [2.24, 2.45) is 0 Å². The van der Waals surface area contributed by atoms with E-state index >= 15 is 0 Å². The maximum Gasteiger partial charge on any atom is 0.331 e. The van der Waals surface area contributed by atoms with E-state index in [0.717, 1.165) is 12.1 Å². The van der Waals surface area contributed by atoms with Crippen LogP contribution in [0.5, 0.6) is 0 Å². The lowest BCUT2D eigenvalue weighted by molar-refractivity contribution is -0.383. The average Bonchev–Trinajstić information content (AvgIpc) is 3.24. The standard InChI is InChI=1S/C19H18Cl2N4O7S/c1-11-14(19(21)24(23-11)13-6-7-33(30,31)10-13)3-5-18(27)32-9-17(26)22-15-4-2-12(20)8-16(15)25(28)29/h2-5,8,13H,6-7,9-10H2,1H3,(H,22,26)/b5-3+/t13-/m0/s1. The molecule has 3 rings (SSSR count). The summed E-state index contributed by atoms with van der Waals surface area (Å²) in [7, 11) is -3.13. The third-order valence-electron chi connectivity index (χ3n) is 4.79. The Bertz CT molecular complexity index is 1260. The number of hydrogen-bond donors (Lipinski definition) is 1. The molecule has 1 amide bonds. The van der Waals surface area contributed by atoms with Crippen LogP contribution in [0.4, 0.5) is 11.4 Å². The minimum absolute atomic E-state index is 0.0556. The van der Waals surface area contributed by atoms with Crippen LogP contribution >= 0.6 is 23.2 Å². The molecule has 33 heavy (non-hydrogen) atoms. The van der Waals surface area contributed by atoms with Gasteiger partial charge in [0.05, 0.1) is 28.2 Å². The molecule has 1 saturated heterocycles. The summed E-state index contributed by atoms with van der Waals surface area (Å²) in [5.41, 5.74) is 0.407. The molecular formula is C19H18Cl2N4O7S. The van der Waals surface area contributed by atoms with Gasteiger partial charge in [0.1, 0.15) is 10.8 Å². The van der Waals surface area contributed by atoms with E-state index in [-0.39, 0.29) is 33.4 Å². The molecule has 0 radical (unpaired) electrons. The highest BCUT2D eigenvalue weighted by Crippen LogP contribution is 2.30. The summed E-state index contributed by atoms with van der Waals surface area (Å²) in [5.74, 6) is -1.64. The lowest BCUT2D eigenvalue weighted by Crippen LogP contribution is -2.20. The van der Waals surface area contributed by atoms with Crippen LogP contribution in [0.15, 0.2) is 24.3 Å². The summed E-state index contributed by atoms with van der Waals surface area (Å²) in [5, 5.41) is 17.9. The van der Waals surface area contributed by atoms with Gasteiger partial charge < -0.3 is 10.1 Å². The number of hydrogen-bond acceptors (Lipinski definition) is 8. The van der Waals surface area contributed by atoms with Gasteiger partial charge in [0.2, 0.25) is 0 Å². The van der Waals surface area contributed by atoms with E-state index < -0.39 is 38.9 Å². The number of carbonyl (C=O) groups excluding carboxylic acids is 2. The number of esters is 1. The van der Waals surface area contributed by atoms with Crippen LogP contribution in [0.3, 0.4) is 0 Å². The van der Waals surface area contributed by atoms with Crippen LogP contribution < -0.4 is 5.32 Å². The van der Waals surface area contributed by atoms with Gasteiger partial charge in [-0.25, -0.2) is 17.9 Å². The third kappa shape index (κ3) is 6.09. The number of nitro groups is 1. The number of halogens is 2. The number of sulfone groups is 1. The molecule has 2 aromatic rings. The summed E-state index contributed by atoms with van der Waals surface area (Å²) in [6.07, 6.45) is 2.80. The molecule has 1 aromatic carbocycles. The van der Waals surface area contributed by atoms with Crippen molar-refractivity contribution in [3.05, 3.63) is 55.8 Å². The molecule has 1 N–H and O–H groups in total. The highest BCUT2D eigenvalue weighted by Gasteiger charge is 2.31. The predicted octanol–water partition coefficient (Wildman–Crippen LogP) is 2.96. The SMILES string of the molecule is Cc1nn([C@H]2CCS(=O)(=O)C2)c(Cl)c1/C=C/C(=O)OCC(=O)Nc1ccc(Cl)cc1[N+](=O)[O-]. The highest BCUT2D eigenvalue weighted by atomic mass is 35.5. The van der Waals surface area contributed by atoms with Crippen molar-refractivity contribution in [1.29, 1.82) is 0 Å². The Labute approximate surface area is 198 Å². The average molecular weight is 517 g/mol. The summed E-state index contributed by atoms with van der Waals surface area (Å²) in [4.78, 5) is 34.4. The predicted molar refractivity (Wildman–Crippen MR) is 121 cm³/mol. The molecule has 0 saturated carbocycles. The Hall–Kier alpha value is -2.96. The van der Waals surface area contributed by atoms with Gasteiger partial charge in [-0.1, -0.05) is 23.2 Å². The monoisotopic (exact) mass is 516 g/mol. The number of aromatic nitrogens is 2. The maximum absolute atomic E-state index is 12.0. The number of rotatable bonds is 7. The Morgan fingerprint density at radius 2 is 2.12 bits per heavy atom. The minimum Gasteiger partial charge on any atom is -0.452 e. The van der Waals surface area contributed by atoms with E-state index in [1.165, 1.54) is 22.9 Å². The molecule has 1 aromatic heterocycles. The molecule has 14 heteroatoms. The van der Waals surface area contributed by atoms with Gasteiger partial charge in [-0.05, 0) is 31.6 Å². The number of ether oxygens (including phenoxy) is 1. The maximum atomic E-state index is 12.0. The van der Waals surface area contributed by atoms with Gasteiger partial charge in [0.25, 0.3) is 11.6 Å². The fraction of sp³-hybridized carbons (Fsp3) is 0.316. The fourth-order valence-electron chi connectivity index (χ4n) is 3.22. The Morgan fingerprint density at radius 1 is 1.39 bits per heavy atom. The highest BCUT2D eigenvalue weighted by molar-refractivity contribution is 7.91. The molecule has 0 aliphatic carbocycles. The Balaban J connectivity index is 1.60. The number of carbonyl (C=O) groups is 2. The first-order chi connectivity index (χ1) is 15.5. The summed E-state index contributed by atoms with van der Waals surface area (Å²) < 4.78 is 29.7. The van der Waals surface area contributed by atoms with Crippen LogP contribution in [-0.2, 0) is 24.2 Å². The molecule has 1 atom stereocenters. The van der Waals surface area contributed by atoms with Gasteiger partial charge in [0, 0.05) is 22.7 Å². The first kappa shape index (κ1) is 24.7. The fourth-order valence-corrected chi connectivity index (χ4v) is 5.45. The van der Waals surface area contributed by atoms with Crippen molar-refractivity contribution in [1.82, 2.24) is 9.78 Å². The van der Waals surface area contributed by atoms with Crippen LogP contribution in [-0.4, -0.2) is 53.1 Å². The summed E-state index contributed by atoms with van der Waals surface area (Å²) >= 11 is 12.1. The van der Waals surface area contributed by atoms with Crippen molar-refractivity contribution < 1.29 is 27.7 Å². The number of nitrogens with one attached hydrogen (secondary N) is 1. The topological polar surface area (TPSA) is 151 Å². The molecule has 1 aliphatic heterocycles. The molecule has 0 unspecified atom stereocenters. The van der Waals surface area contributed by atoms with E-state index in [1.54, 1.807) is 6.92 Å². The largest absolute Gasteiger partial charge is 0.452 e. The lowest BCUT2D eigenvalue weighted by Gasteiger charge is -2.09. The van der Waals surface area contributed by atoms with Crippen LogP contribution in [0.2, 0.25) is 10.2 Å². The number of benzene rings is 1. The van der Waals surface area contributed by atoms with E-state index in [2.05, 4.69) is 10.4 Å². The molecule has 1 aliphatic rings. The molecule has 0 bridgehead atoms. The van der Waals surface area contributed by atoms with Gasteiger partial charge >= 0.3 is 5.97 Å². The smallest absolute Gasteiger partial charge is 0.331 e. The quantitative estimate of drug-likeness (QED) is 0.255. The van der Waals surface area contributed by atoms with Crippen molar-refractivity contribution in [3.63, 3.8) is 0 Å². The number of nitro benzene ring substituents is 1. The first-order valence-electron chi connectivity index (χ1n) is 9.50. The lowest BCUT2D eigenvalue weighted by atomic mass is 10.2. The van der Waals surface area contributed by atoms with Gasteiger partial charge in [-0.3, -0.25) is 14.9 Å². The van der Waals surface area contributed by atoms with Crippen molar-refractivity contribution in [3.8, 4) is 0 Å². The van der Waals surface area contributed by atoms with E-state index in [9.17, 15) is 28.1 Å². The molecule has 1 fully saturated rings. The Morgan fingerprint density at radius 3 is 2.76 bits per heavy atom. The summed E-state index contributed by atoms with van der Waals surface area (Å²) in [6.45, 7) is 0.970. The number of aryl methyl sites for hydroxylation is 1. The van der Waals surface area contributed by atoms with E-state index in [1.807, 2.05) is 0 Å². The number of nitrogens with zero attached hydrogens (tertiary/aromatic N) is 3. The zero-order chi connectivity index (χ0) is 24.3. The normalized spacial score (nSPS) is 17.2. The number of anilines is 1. The van der Waals surface area contributed by atoms with Crippen LogP contribution in [0.25, 0.3) is 6.08 Å². The molecule has 176 valence electrons. The second kappa shape index (κ2) is 9.89. The Kier molecular flexibility index (Phi) is 7.40. The molecule has 0 spiro atoms. The zero-order valence-electron chi connectivity index (χ0n) is 17.2. The molecular weight excluding hydrogens is 499 g/mol. The second-order valence-corrected chi connectivity index (χ2v) is 10.2. The van der Waals surface area contributed by atoms with Gasteiger partial charge in [-0.15, -0.1) is 0 Å². The van der Waals surface area contributed by atoms with E-state index in [0.29, 0.717) is 17.7 Å². The minimum atomic E-state index is -3.13. The summed E-state index contributed by atoms with van der Waals surface area (Å²) in [6, 6.07) is 3.33. The van der Waals surface area contributed by atoms with E-state index in [4.69, 9.17) is 27.9 Å². The third-order valence-corrected chi connectivity index (χ3v) is 7.15. The van der Waals surface area contributed by atoms with Crippen molar-refractivity contribution in [2.75, 3.05) is 23.4 Å². The van der Waals surface area contributed by atoms with Crippen LogP contribution in [0, 0.1) is 17.0 Å². The van der Waals surface area contributed by atoms with Gasteiger partial charge in [0.15, 0.2) is 16.4 Å². The van der Waals surface area contributed by atoms with Crippen molar-refractivity contribution in [2.45, 2.75) is 19.4 Å². The zero-order valence-corrected chi connectivity index (χ0v) is 19.5. The first-order valence-corrected chi connectivity index (χ1v) is 12.1. The van der Waals surface area contributed by atoms with Gasteiger partial charge in [-0.2, -0.15) is 5.10 Å². The van der Waals surface area contributed by atoms with Crippen molar-refractivity contribution >= 4 is 62.4 Å². The second-order valence-electron chi connectivity index (χ2n) is 7.20.